The maximum atomic E-state index is 12.0. The number of carbonyl (C=O) groups is 2. The van der Waals surface area contributed by atoms with E-state index in [1.807, 2.05) is 24.3 Å². The number of nitro groups is 1. The van der Waals surface area contributed by atoms with Gasteiger partial charge in [0.2, 0.25) is 0 Å². The molecule has 0 unspecified atom stereocenters. The van der Waals surface area contributed by atoms with Crippen molar-refractivity contribution >= 4 is 50.9 Å². The van der Waals surface area contributed by atoms with Gasteiger partial charge in [0.1, 0.15) is 10.8 Å². The molecule has 1 N–H and O–H groups in total. The van der Waals surface area contributed by atoms with E-state index >= 15 is 0 Å². The second-order valence-electron chi connectivity index (χ2n) is 5.65. The predicted molar refractivity (Wildman–Crippen MR) is 108 cm³/mol. The summed E-state index contributed by atoms with van der Waals surface area (Å²) in [5, 5.41) is 13.9. The Labute approximate surface area is 168 Å². The molecule has 0 aliphatic carbocycles. The van der Waals surface area contributed by atoms with E-state index in [2.05, 4.69) is 10.3 Å². The highest BCUT2D eigenvalue weighted by Crippen LogP contribution is 2.29. The molecule has 3 rings (SSSR count). The van der Waals surface area contributed by atoms with Crippen LogP contribution in [0.5, 0.6) is 5.75 Å². The van der Waals surface area contributed by atoms with Crippen molar-refractivity contribution in [2.75, 3.05) is 19.0 Å². The fourth-order valence-electron chi connectivity index (χ4n) is 2.37. The molecule has 0 atom stereocenters. The molecule has 0 saturated carbocycles. The van der Waals surface area contributed by atoms with Gasteiger partial charge in [-0.2, -0.15) is 0 Å². The maximum Gasteiger partial charge on any atom is 0.331 e. The summed E-state index contributed by atoms with van der Waals surface area (Å²) in [6.45, 7) is -0.525. The number of nitrogens with zero attached hydrogens (tertiary/aromatic N) is 2. The molecule has 0 spiro atoms. The molecular weight excluding hydrogens is 398 g/mol. The molecule has 9 nitrogen and oxygen atoms in total. The second-order valence-corrected chi connectivity index (χ2v) is 6.71. The lowest BCUT2D eigenvalue weighted by atomic mass is 10.2. The predicted octanol–water partition coefficient (Wildman–Crippen LogP) is 3.41. The molecule has 0 aliphatic heterocycles. The molecule has 0 bridgehead atoms. The molecule has 0 fully saturated rings. The summed E-state index contributed by atoms with van der Waals surface area (Å²) < 4.78 is 10.9. The molecular formula is C19H15N3O6S. The van der Waals surface area contributed by atoms with E-state index in [1.54, 1.807) is 0 Å². The normalized spacial score (nSPS) is 10.8. The summed E-state index contributed by atoms with van der Waals surface area (Å²) in [5.41, 5.74) is 0.886. The number of benzene rings is 2. The first-order chi connectivity index (χ1) is 14.0. The Bertz CT molecular complexity index is 1080. The van der Waals surface area contributed by atoms with Crippen molar-refractivity contribution in [3.63, 3.8) is 0 Å². The van der Waals surface area contributed by atoms with Crippen LogP contribution in [0.25, 0.3) is 16.3 Å². The number of hydrogen-bond donors (Lipinski definition) is 1. The summed E-state index contributed by atoms with van der Waals surface area (Å²) in [7, 11) is 1.32. The Balaban J connectivity index is 1.54. The highest BCUT2D eigenvalue weighted by atomic mass is 32.1. The van der Waals surface area contributed by atoms with Gasteiger partial charge in [0.25, 0.3) is 11.6 Å². The minimum Gasteiger partial charge on any atom is -0.494 e. The lowest BCUT2D eigenvalue weighted by Gasteiger charge is -2.09. The lowest BCUT2D eigenvalue weighted by molar-refractivity contribution is -0.384. The van der Waals surface area contributed by atoms with Crippen LogP contribution in [0.1, 0.15) is 5.01 Å². The van der Waals surface area contributed by atoms with Gasteiger partial charge in [-0.05, 0) is 24.3 Å². The van der Waals surface area contributed by atoms with Gasteiger partial charge in [0, 0.05) is 12.1 Å². The molecule has 0 aliphatic rings. The first-order valence-corrected chi connectivity index (χ1v) is 9.10. The highest BCUT2D eigenvalue weighted by Gasteiger charge is 2.14. The Morgan fingerprint density at radius 2 is 2.07 bits per heavy atom. The molecule has 0 saturated heterocycles. The van der Waals surface area contributed by atoms with E-state index in [9.17, 15) is 19.7 Å². The van der Waals surface area contributed by atoms with Crippen LogP contribution in [0, 0.1) is 10.1 Å². The largest absolute Gasteiger partial charge is 0.494 e. The summed E-state index contributed by atoms with van der Waals surface area (Å²) >= 11 is 1.43. The van der Waals surface area contributed by atoms with Crippen LogP contribution >= 0.6 is 11.3 Å². The zero-order valence-electron chi connectivity index (χ0n) is 15.2. The van der Waals surface area contributed by atoms with Crippen molar-refractivity contribution in [3.8, 4) is 5.75 Å². The van der Waals surface area contributed by atoms with Crippen molar-refractivity contribution in [1.82, 2.24) is 4.98 Å². The smallest absolute Gasteiger partial charge is 0.331 e. The third-order valence-corrected chi connectivity index (χ3v) is 4.69. The third-order valence-electron chi connectivity index (χ3n) is 3.69. The fraction of sp³-hybridized carbons (Fsp3) is 0.105. The molecule has 148 valence electrons. The number of fused-ring (bicyclic) bond motifs is 1. The number of anilines is 1. The van der Waals surface area contributed by atoms with Gasteiger partial charge in [0.15, 0.2) is 6.61 Å². The summed E-state index contributed by atoms with van der Waals surface area (Å²) in [4.78, 5) is 38.4. The molecule has 29 heavy (non-hydrogen) atoms. The number of methoxy groups -OCH3 is 1. The van der Waals surface area contributed by atoms with Crippen molar-refractivity contribution in [1.29, 1.82) is 0 Å². The van der Waals surface area contributed by atoms with Gasteiger partial charge >= 0.3 is 5.97 Å². The average Bonchev–Trinajstić information content (AvgIpc) is 3.14. The SMILES string of the molecule is COc1cc([N+](=O)[O-])ccc1NC(=O)COC(=O)/C=C/c1nc2ccccc2s1. The van der Waals surface area contributed by atoms with Crippen molar-refractivity contribution in [2.24, 2.45) is 0 Å². The van der Waals surface area contributed by atoms with Crippen LogP contribution in [0.2, 0.25) is 0 Å². The quantitative estimate of drug-likeness (QED) is 0.273. The third kappa shape index (κ3) is 5.14. The number of nitrogens with one attached hydrogen (secondary N) is 1. The number of nitro benzene ring substituents is 1. The van der Waals surface area contributed by atoms with Crippen LogP contribution in [-0.4, -0.2) is 35.5 Å². The van der Waals surface area contributed by atoms with Gasteiger partial charge < -0.3 is 14.8 Å². The Morgan fingerprint density at radius 3 is 2.79 bits per heavy atom. The molecule has 1 amide bonds. The van der Waals surface area contributed by atoms with E-state index in [0.717, 1.165) is 10.2 Å². The summed E-state index contributed by atoms with van der Waals surface area (Å²) in [6.07, 6.45) is 2.71. The monoisotopic (exact) mass is 413 g/mol. The van der Waals surface area contributed by atoms with E-state index in [1.165, 1.54) is 48.8 Å². The van der Waals surface area contributed by atoms with E-state index in [4.69, 9.17) is 9.47 Å². The van der Waals surface area contributed by atoms with Crippen LogP contribution in [-0.2, 0) is 14.3 Å². The molecule has 10 heteroatoms. The van der Waals surface area contributed by atoms with Gasteiger partial charge in [-0.1, -0.05) is 12.1 Å². The Morgan fingerprint density at radius 1 is 1.28 bits per heavy atom. The Kier molecular flexibility index (Phi) is 6.15. The number of non-ortho nitro benzene ring substituents is 1. The molecule has 1 heterocycles. The second kappa shape index (κ2) is 8.93. The number of para-hydroxylation sites is 1. The van der Waals surface area contributed by atoms with Gasteiger partial charge in [-0.25, -0.2) is 9.78 Å². The topological polar surface area (TPSA) is 121 Å². The first kappa shape index (κ1) is 20.0. The summed E-state index contributed by atoms with van der Waals surface area (Å²) in [6, 6.07) is 11.3. The van der Waals surface area contributed by atoms with E-state index in [-0.39, 0.29) is 17.1 Å². The van der Waals surface area contributed by atoms with Crippen LogP contribution in [0.3, 0.4) is 0 Å². The van der Waals surface area contributed by atoms with Crippen LogP contribution in [0.15, 0.2) is 48.5 Å². The number of ether oxygens (including phenoxy) is 2. The van der Waals surface area contributed by atoms with Gasteiger partial charge in [-0.15, -0.1) is 11.3 Å². The highest BCUT2D eigenvalue weighted by molar-refractivity contribution is 7.19. The van der Waals surface area contributed by atoms with E-state index in [0.29, 0.717) is 5.01 Å². The standard InChI is InChI=1S/C19H15N3O6S/c1-27-15-10-12(22(25)26)6-7-13(15)20-17(23)11-28-19(24)9-8-18-21-14-4-2-3-5-16(14)29-18/h2-10H,11H2,1H3,(H,20,23)/b9-8+. The maximum absolute atomic E-state index is 12.0. The van der Waals surface area contributed by atoms with E-state index < -0.39 is 23.4 Å². The lowest BCUT2D eigenvalue weighted by Crippen LogP contribution is -2.20. The number of aromatic nitrogens is 1. The van der Waals surface area contributed by atoms with Crippen molar-refractivity contribution < 1.29 is 24.0 Å². The minimum absolute atomic E-state index is 0.120. The number of amides is 1. The van der Waals surface area contributed by atoms with Gasteiger partial charge in [-0.3, -0.25) is 14.9 Å². The Hall–Kier alpha value is -3.79. The van der Waals surface area contributed by atoms with Crippen LogP contribution in [0.4, 0.5) is 11.4 Å². The zero-order chi connectivity index (χ0) is 20.8. The minimum atomic E-state index is -0.699. The van der Waals surface area contributed by atoms with Gasteiger partial charge in [0.05, 0.1) is 34.0 Å². The summed E-state index contributed by atoms with van der Waals surface area (Å²) in [5.74, 6) is -1.19. The molecule has 1 aromatic heterocycles. The molecule has 0 radical (unpaired) electrons. The number of thiazole rings is 1. The molecule has 3 aromatic rings. The number of carbonyl (C=O) groups excluding carboxylic acids is 2. The number of esters is 1. The average molecular weight is 413 g/mol. The zero-order valence-corrected chi connectivity index (χ0v) is 16.0. The number of hydrogen-bond acceptors (Lipinski definition) is 8. The number of rotatable bonds is 7. The van der Waals surface area contributed by atoms with Crippen molar-refractivity contribution in [2.45, 2.75) is 0 Å². The van der Waals surface area contributed by atoms with Crippen LogP contribution < -0.4 is 10.1 Å². The van der Waals surface area contributed by atoms with Crippen molar-refractivity contribution in [3.05, 3.63) is 63.7 Å². The first-order valence-electron chi connectivity index (χ1n) is 8.29. The fourth-order valence-corrected chi connectivity index (χ4v) is 3.24. The molecule has 2 aromatic carbocycles.